The van der Waals surface area contributed by atoms with Gasteiger partial charge in [0.25, 0.3) is 5.91 Å². The summed E-state index contributed by atoms with van der Waals surface area (Å²) in [6.07, 6.45) is 1.70. The number of halogens is 1. The Balaban J connectivity index is 1.56. The number of rotatable bonds is 6. The lowest BCUT2D eigenvalue weighted by Gasteiger charge is -2.26. The number of carbonyl (C=O) groups excluding carboxylic acids is 1. The number of ether oxygens (including phenoxy) is 1. The third-order valence-electron chi connectivity index (χ3n) is 5.19. The number of nitrogens with one attached hydrogen (secondary N) is 1. The number of benzene rings is 2. The van der Waals surface area contributed by atoms with Crippen molar-refractivity contribution in [3.05, 3.63) is 71.7 Å². The van der Waals surface area contributed by atoms with E-state index in [1.165, 1.54) is 12.1 Å². The minimum Gasteiger partial charge on any atom is -0.379 e. The van der Waals surface area contributed by atoms with Crippen LogP contribution >= 0.6 is 0 Å². The number of aromatic nitrogens is 2. The Kier molecular flexibility index (Phi) is 6.21. The first-order chi connectivity index (χ1) is 14.6. The van der Waals surface area contributed by atoms with Crippen LogP contribution in [0.5, 0.6) is 0 Å². The smallest absolute Gasteiger partial charge is 0.255 e. The Morgan fingerprint density at radius 3 is 2.50 bits per heavy atom. The molecule has 0 aliphatic carbocycles. The number of morpholine rings is 1. The molecule has 0 radical (unpaired) electrons. The van der Waals surface area contributed by atoms with Gasteiger partial charge in [0.05, 0.1) is 24.5 Å². The van der Waals surface area contributed by atoms with E-state index in [-0.39, 0.29) is 11.7 Å². The minimum atomic E-state index is -0.314. The Bertz CT molecular complexity index is 993. The highest BCUT2D eigenvalue weighted by Gasteiger charge is 2.19. The Morgan fingerprint density at radius 1 is 1.10 bits per heavy atom. The van der Waals surface area contributed by atoms with Crippen LogP contribution in [0.1, 0.15) is 15.9 Å². The normalized spacial score (nSPS) is 14.6. The van der Waals surface area contributed by atoms with Gasteiger partial charge in [-0.15, -0.1) is 0 Å². The maximum Gasteiger partial charge on any atom is 0.255 e. The number of amides is 1. The zero-order valence-corrected chi connectivity index (χ0v) is 17.0. The average molecular weight is 408 g/mol. The summed E-state index contributed by atoms with van der Waals surface area (Å²) in [7, 11) is 0. The first-order valence-corrected chi connectivity index (χ1v) is 10.1. The van der Waals surface area contributed by atoms with Crippen molar-refractivity contribution in [1.29, 1.82) is 0 Å². The molecule has 30 heavy (non-hydrogen) atoms. The van der Waals surface area contributed by atoms with Crippen molar-refractivity contribution in [2.24, 2.45) is 0 Å². The molecule has 0 atom stereocenters. The van der Waals surface area contributed by atoms with Crippen LogP contribution in [0, 0.1) is 12.7 Å². The Hall–Kier alpha value is -3.03. The van der Waals surface area contributed by atoms with Crippen molar-refractivity contribution in [3.63, 3.8) is 0 Å². The summed E-state index contributed by atoms with van der Waals surface area (Å²) in [5, 5.41) is 7.64. The van der Waals surface area contributed by atoms with Gasteiger partial charge >= 0.3 is 0 Å². The van der Waals surface area contributed by atoms with E-state index in [2.05, 4.69) is 15.3 Å². The molecule has 1 amide bonds. The van der Waals surface area contributed by atoms with Crippen molar-refractivity contribution in [2.45, 2.75) is 6.92 Å². The Labute approximate surface area is 175 Å². The van der Waals surface area contributed by atoms with Gasteiger partial charge in [0.15, 0.2) is 0 Å². The number of carbonyl (C=O) groups is 1. The fraction of sp³-hybridized carbons (Fsp3) is 0.304. The lowest BCUT2D eigenvalue weighted by molar-refractivity contribution is 0.0383. The quantitative estimate of drug-likeness (QED) is 0.681. The highest BCUT2D eigenvalue weighted by atomic mass is 19.1. The third kappa shape index (κ3) is 4.75. The van der Waals surface area contributed by atoms with E-state index in [9.17, 15) is 9.18 Å². The van der Waals surface area contributed by atoms with Crippen LogP contribution in [0.15, 0.2) is 54.7 Å². The summed E-state index contributed by atoms with van der Waals surface area (Å²) in [5.41, 5.74) is 3.78. The predicted molar refractivity (Wildman–Crippen MR) is 113 cm³/mol. The van der Waals surface area contributed by atoms with Crippen LogP contribution in [0.4, 0.5) is 4.39 Å². The SMILES string of the molecule is Cc1ccc(-c2nn(-c3ccc(F)cc3)cc2C(=O)NCCN2CCOCC2)cc1. The van der Waals surface area contributed by atoms with Crippen LogP contribution in [0.25, 0.3) is 16.9 Å². The van der Waals surface area contributed by atoms with Crippen LogP contribution in [-0.2, 0) is 4.74 Å². The molecule has 1 aliphatic heterocycles. The summed E-state index contributed by atoms with van der Waals surface area (Å²) < 4.78 is 20.3. The standard InChI is InChI=1S/C23H25FN4O2/c1-17-2-4-18(5-3-17)22-21(16-28(26-22)20-8-6-19(24)7-9-20)23(29)25-10-11-27-12-14-30-15-13-27/h2-9,16H,10-15H2,1H3,(H,25,29). The lowest BCUT2D eigenvalue weighted by Crippen LogP contribution is -2.41. The monoisotopic (exact) mass is 408 g/mol. The molecular weight excluding hydrogens is 383 g/mol. The fourth-order valence-electron chi connectivity index (χ4n) is 3.44. The van der Waals surface area contributed by atoms with Gasteiger partial charge in [0.2, 0.25) is 0 Å². The van der Waals surface area contributed by atoms with E-state index in [0.717, 1.165) is 44.0 Å². The van der Waals surface area contributed by atoms with Gasteiger partial charge in [-0.25, -0.2) is 9.07 Å². The molecular formula is C23H25FN4O2. The molecule has 1 N–H and O–H groups in total. The van der Waals surface area contributed by atoms with Gasteiger partial charge in [-0.05, 0) is 31.2 Å². The maximum absolute atomic E-state index is 13.3. The van der Waals surface area contributed by atoms with E-state index in [1.807, 2.05) is 31.2 Å². The van der Waals surface area contributed by atoms with Crippen LogP contribution < -0.4 is 5.32 Å². The summed E-state index contributed by atoms with van der Waals surface area (Å²) >= 11 is 0. The van der Waals surface area contributed by atoms with Crippen molar-refractivity contribution >= 4 is 5.91 Å². The van der Waals surface area contributed by atoms with E-state index in [4.69, 9.17) is 4.74 Å². The maximum atomic E-state index is 13.3. The number of aryl methyl sites for hydroxylation is 1. The molecule has 0 saturated carbocycles. The molecule has 6 nitrogen and oxygen atoms in total. The van der Waals surface area contributed by atoms with Crippen molar-refractivity contribution in [2.75, 3.05) is 39.4 Å². The average Bonchev–Trinajstić information content (AvgIpc) is 3.21. The molecule has 7 heteroatoms. The van der Waals surface area contributed by atoms with E-state index < -0.39 is 0 Å². The third-order valence-corrected chi connectivity index (χ3v) is 5.19. The lowest BCUT2D eigenvalue weighted by atomic mass is 10.1. The second kappa shape index (κ2) is 9.19. The van der Waals surface area contributed by atoms with Gasteiger partial charge in [0.1, 0.15) is 11.5 Å². The second-order valence-corrected chi connectivity index (χ2v) is 7.39. The molecule has 1 aromatic heterocycles. The molecule has 1 aliphatic rings. The van der Waals surface area contributed by atoms with Gasteiger partial charge in [-0.3, -0.25) is 9.69 Å². The van der Waals surface area contributed by atoms with Crippen molar-refractivity contribution < 1.29 is 13.9 Å². The summed E-state index contributed by atoms with van der Waals surface area (Å²) in [4.78, 5) is 15.2. The highest BCUT2D eigenvalue weighted by molar-refractivity contribution is 5.99. The molecule has 1 saturated heterocycles. The first-order valence-electron chi connectivity index (χ1n) is 10.1. The highest BCUT2D eigenvalue weighted by Crippen LogP contribution is 2.24. The first kappa shape index (κ1) is 20.3. The summed E-state index contributed by atoms with van der Waals surface area (Å²) in [6, 6.07) is 13.9. The molecule has 2 aromatic carbocycles. The van der Waals surface area contributed by atoms with Crippen molar-refractivity contribution in [3.8, 4) is 16.9 Å². The number of hydrogen-bond acceptors (Lipinski definition) is 4. The number of nitrogens with zero attached hydrogens (tertiary/aromatic N) is 3. The molecule has 4 rings (SSSR count). The van der Waals surface area contributed by atoms with Gasteiger partial charge in [-0.2, -0.15) is 5.10 Å². The van der Waals surface area contributed by atoms with Crippen molar-refractivity contribution in [1.82, 2.24) is 20.0 Å². The minimum absolute atomic E-state index is 0.174. The molecule has 0 bridgehead atoms. The van der Waals surface area contributed by atoms with Crippen LogP contribution in [0.3, 0.4) is 0 Å². The molecule has 0 unspecified atom stereocenters. The molecule has 2 heterocycles. The zero-order valence-electron chi connectivity index (χ0n) is 17.0. The molecule has 3 aromatic rings. The van der Waals surface area contributed by atoms with E-state index in [1.54, 1.807) is 23.0 Å². The van der Waals surface area contributed by atoms with Gasteiger partial charge in [-0.1, -0.05) is 29.8 Å². The fourth-order valence-corrected chi connectivity index (χ4v) is 3.44. The zero-order chi connectivity index (χ0) is 20.9. The second-order valence-electron chi connectivity index (χ2n) is 7.39. The van der Waals surface area contributed by atoms with Gasteiger partial charge < -0.3 is 10.1 Å². The van der Waals surface area contributed by atoms with Crippen LogP contribution in [0.2, 0.25) is 0 Å². The topological polar surface area (TPSA) is 59.4 Å². The largest absolute Gasteiger partial charge is 0.379 e. The van der Waals surface area contributed by atoms with E-state index in [0.29, 0.717) is 23.5 Å². The van der Waals surface area contributed by atoms with E-state index >= 15 is 0 Å². The summed E-state index contributed by atoms with van der Waals surface area (Å²) in [6.45, 7) is 6.57. The molecule has 1 fully saturated rings. The van der Waals surface area contributed by atoms with Crippen LogP contribution in [-0.4, -0.2) is 60.0 Å². The number of hydrogen-bond donors (Lipinski definition) is 1. The Morgan fingerprint density at radius 2 is 1.80 bits per heavy atom. The summed E-state index contributed by atoms with van der Waals surface area (Å²) in [5.74, 6) is -0.488. The predicted octanol–water partition coefficient (Wildman–Crippen LogP) is 3.05. The molecule has 0 spiro atoms. The molecule has 156 valence electrons. The van der Waals surface area contributed by atoms with Gasteiger partial charge in [0, 0.05) is 37.9 Å².